The number of nitrogens with zero attached hydrogens (tertiary/aromatic N) is 1. The monoisotopic (exact) mass is 326 g/mol. The van der Waals surface area contributed by atoms with E-state index < -0.39 is 5.97 Å². The Hall–Kier alpha value is -1.56. The second kappa shape index (κ2) is 5.61. The van der Waals surface area contributed by atoms with E-state index in [0.29, 0.717) is 16.2 Å². The molecule has 2 N–H and O–H groups in total. The molecule has 1 aliphatic rings. The number of anilines is 1. The van der Waals surface area contributed by atoms with Crippen LogP contribution in [0.25, 0.3) is 0 Å². The number of amides is 2. The van der Waals surface area contributed by atoms with Crippen molar-refractivity contribution in [3.05, 3.63) is 28.2 Å². The van der Waals surface area contributed by atoms with E-state index in [2.05, 4.69) is 21.2 Å². The molecular weight excluding hydrogens is 312 g/mol. The molecule has 5 nitrogen and oxygen atoms in total. The zero-order chi connectivity index (χ0) is 14.0. The first kappa shape index (κ1) is 13.9. The summed E-state index contributed by atoms with van der Waals surface area (Å²) >= 11 is 3.23. The van der Waals surface area contributed by atoms with Gasteiger partial charge in [-0.25, -0.2) is 9.59 Å². The number of urea groups is 1. The van der Waals surface area contributed by atoms with Crippen molar-refractivity contribution in [1.29, 1.82) is 0 Å². The minimum Gasteiger partial charge on any atom is -0.478 e. The smallest absolute Gasteiger partial charge is 0.335 e. The Bertz CT molecular complexity index is 515. The van der Waals surface area contributed by atoms with Crippen LogP contribution >= 0.6 is 15.9 Å². The van der Waals surface area contributed by atoms with Crippen molar-refractivity contribution in [3.8, 4) is 0 Å². The Kier molecular flexibility index (Phi) is 4.09. The molecule has 0 bridgehead atoms. The molecule has 0 radical (unpaired) electrons. The highest BCUT2D eigenvalue weighted by atomic mass is 79.9. The number of hydrogen-bond acceptors (Lipinski definition) is 2. The maximum atomic E-state index is 12.0. The molecule has 1 aromatic carbocycles. The lowest BCUT2D eigenvalue weighted by Crippen LogP contribution is -2.43. The van der Waals surface area contributed by atoms with E-state index in [1.807, 2.05) is 0 Å². The molecular formula is C13H15BrN2O3. The second-order valence-corrected chi connectivity index (χ2v) is 5.58. The van der Waals surface area contributed by atoms with Gasteiger partial charge in [-0.2, -0.15) is 0 Å². The summed E-state index contributed by atoms with van der Waals surface area (Å²) in [6.45, 7) is 0. The van der Waals surface area contributed by atoms with E-state index in [1.165, 1.54) is 12.1 Å². The van der Waals surface area contributed by atoms with Gasteiger partial charge in [0.05, 0.1) is 5.56 Å². The fourth-order valence-electron chi connectivity index (χ4n) is 1.94. The molecule has 19 heavy (non-hydrogen) atoms. The lowest BCUT2D eigenvalue weighted by atomic mass is 9.92. The molecule has 102 valence electrons. The molecule has 2 amide bonds. The first-order valence-corrected chi connectivity index (χ1v) is 6.84. The van der Waals surface area contributed by atoms with E-state index in [0.717, 1.165) is 19.3 Å². The van der Waals surface area contributed by atoms with Crippen LogP contribution in [0.3, 0.4) is 0 Å². The number of hydrogen-bond donors (Lipinski definition) is 2. The van der Waals surface area contributed by atoms with E-state index >= 15 is 0 Å². The molecule has 1 aliphatic carbocycles. The summed E-state index contributed by atoms with van der Waals surface area (Å²) in [5.41, 5.74) is 0.610. The zero-order valence-electron chi connectivity index (χ0n) is 10.5. The van der Waals surface area contributed by atoms with Crippen LogP contribution in [0, 0.1) is 0 Å². The fraction of sp³-hybridized carbons (Fsp3) is 0.385. The van der Waals surface area contributed by atoms with Crippen molar-refractivity contribution in [1.82, 2.24) is 4.90 Å². The Morgan fingerprint density at radius 1 is 1.37 bits per heavy atom. The van der Waals surface area contributed by atoms with Crippen LogP contribution in [-0.4, -0.2) is 35.1 Å². The molecule has 0 heterocycles. The Morgan fingerprint density at radius 3 is 2.58 bits per heavy atom. The van der Waals surface area contributed by atoms with Crippen molar-refractivity contribution >= 4 is 33.6 Å². The molecule has 1 saturated carbocycles. The minimum absolute atomic E-state index is 0.135. The SMILES string of the molecule is CN(C(=O)Nc1cc(Br)cc(C(=O)O)c1)C1CCC1. The molecule has 0 saturated heterocycles. The van der Waals surface area contributed by atoms with Crippen LogP contribution in [0.2, 0.25) is 0 Å². The van der Waals surface area contributed by atoms with Crippen molar-refractivity contribution in [2.45, 2.75) is 25.3 Å². The normalized spacial score (nSPS) is 14.6. The van der Waals surface area contributed by atoms with Gasteiger partial charge in [-0.1, -0.05) is 15.9 Å². The van der Waals surface area contributed by atoms with E-state index in [1.54, 1.807) is 18.0 Å². The molecule has 2 rings (SSSR count). The highest BCUT2D eigenvalue weighted by molar-refractivity contribution is 9.10. The Labute approximate surface area is 119 Å². The molecule has 1 fully saturated rings. The van der Waals surface area contributed by atoms with Crippen LogP contribution in [0.5, 0.6) is 0 Å². The van der Waals surface area contributed by atoms with Crippen molar-refractivity contribution < 1.29 is 14.7 Å². The van der Waals surface area contributed by atoms with Gasteiger partial charge in [-0.05, 0) is 37.5 Å². The Morgan fingerprint density at radius 2 is 2.05 bits per heavy atom. The average molecular weight is 327 g/mol. The summed E-state index contributed by atoms with van der Waals surface area (Å²) in [5, 5.41) is 11.7. The summed E-state index contributed by atoms with van der Waals surface area (Å²) in [4.78, 5) is 24.6. The lowest BCUT2D eigenvalue weighted by Gasteiger charge is -2.34. The summed E-state index contributed by atoms with van der Waals surface area (Å²) in [7, 11) is 1.76. The van der Waals surface area contributed by atoms with Crippen LogP contribution in [-0.2, 0) is 0 Å². The number of nitrogens with one attached hydrogen (secondary N) is 1. The fourth-order valence-corrected chi connectivity index (χ4v) is 2.43. The third kappa shape index (κ3) is 3.26. The highest BCUT2D eigenvalue weighted by Crippen LogP contribution is 2.25. The van der Waals surface area contributed by atoms with Gasteiger partial charge < -0.3 is 15.3 Å². The molecule has 0 atom stereocenters. The summed E-state index contributed by atoms with van der Waals surface area (Å²) < 4.78 is 0.619. The van der Waals surface area contributed by atoms with E-state index in [-0.39, 0.29) is 11.6 Å². The third-order valence-electron chi connectivity index (χ3n) is 3.34. The molecule has 0 aromatic heterocycles. The van der Waals surface area contributed by atoms with Gasteiger partial charge in [-0.15, -0.1) is 0 Å². The van der Waals surface area contributed by atoms with Gasteiger partial charge in [-0.3, -0.25) is 0 Å². The zero-order valence-corrected chi connectivity index (χ0v) is 12.1. The summed E-state index contributed by atoms with van der Waals surface area (Å²) in [6, 6.07) is 4.71. The number of carbonyl (C=O) groups excluding carboxylic acids is 1. The average Bonchev–Trinajstić information content (AvgIpc) is 2.25. The van der Waals surface area contributed by atoms with E-state index in [4.69, 9.17) is 5.11 Å². The third-order valence-corrected chi connectivity index (χ3v) is 3.80. The second-order valence-electron chi connectivity index (χ2n) is 4.66. The predicted molar refractivity (Wildman–Crippen MR) is 75.5 cm³/mol. The first-order valence-electron chi connectivity index (χ1n) is 6.05. The summed E-state index contributed by atoms with van der Waals surface area (Å²) in [6.07, 6.45) is 3.22. The van der Waals surface area contributed by atoms with Crippen LogP contribution in [0.4, 0.5) is 10.5 Å². The number of benzene rings is 1. The maximum absolute atomic E-state index is 12.0. The number of carboxylic acids is 1. The minimum atomic E-state index is -1.02. The Balaban J connectivity index is 2.09. The molecule has 1 aromatic rings. The standard InChI is InChI=1S/C13H15BrN2O3/c1-16(11-3-2-4-11)13(19)15-10-6-8(12(17)18)5-9(14)7-10/h5-7,11H,2-4H2,1H3,(H,15,19)(H,17,18). The van der Waals surface area contributed by atoms with E-state index in [9.17, 15) is 9.59 Å². The van der Waals surface area contributed by atoms with Crippen LogP contribution in [0.15, 0.2) is 22.7 Å². The largest absolute Gasteiger partial charge is 0.478 e. The van der Waals surface area contributed by atoms with Gasteiger partial charge in [0.1, 0.15) is 0 Å². The number of carbonyl (C=O) groups is 2. The van der Waals surface area contributed by atoms with Crippen molar-refractivity contribution in [3.63, 3.8) is 0 Å². The molecule has 0 spiro atoms. The summed E-state index contributed by atoms with van der Waals surface area (Å²) in [5.74, 6) is -1.02. The van der Waals surface area contributed by atoms with Gasteiger partial charge in [0.25, 0.3) is 0 Å². The van der Waals surface area contributed by atoms with Crippen molar-refractivity contribution in [2.24, 2.45) is 0 Å². The number of carboxylic acid groups (broad SMARTS) is 1. The van der Waals surface area contributed by atoms with Crippen LogP contribution < -0.4 is 5.32 Å². The number of rotatable bonds is 3. The lowest BCUT2D eigenvalue weighted by molar-refractivity contribution is 0.0696. The van der Waals surface area contributed by atoms with Crippen molar-refractivity contribution in [2.75, 3.05) is 12.4 Å². The quantitative estimate of drug-likeness (QED) is 0.896. The first-order chi connectivity index (χ1) is 8.97. The topological polar surface area (TPSA) is 69.6 Å². The van der Waals surface area contributed by atoms with Crippen LogP contribution in [0.1, 0.15) is 29.6 Å². The predicted octanol–water partition coefficient (Wildman–Crippen LogP) is 3.16. The highest BCUT2D eigenvalue weighted by Gasteiger charge is 2.25. The maximum Gasteiger partial charge on any atom is 0.335 e. The van der Waals surface area contributed by atoms with Gasteiger partial charge in [0.15, 0.2) is 0 Å². The molecule has 0 aliphatic heterocycles. The molecule has 6 heteroatoms. The van der Waals surface area contributed by atoms with Gasteiger partial charge in [0.2, 0.25) is 0 Å². The number of aromatic carboxylic acids is 1. The van der Waals surface area contributed by atoms with Gasteiger partial charge >= 0.3 is 12.0 Å². The van der Waals surface area contributed by atoms with Gasteiger partial charge in [0, 0.05) is 23.2 Å². The number of halogens is 1. The molecule has 0 unspecified atom stereocenters.